The predicted molar refractivity (Wildman–Crippen MR) is 191 cm³/mol. The second kappa shape index (κ2) is 18.8. The number of H-pyrrole nitrogens is 1. The summed E-state index contributed by atoms with van der Waals surface area (Å²) in [7, 11) is 0. The number of benzene rings is 3. The highest BCUT2D eigenvalue weighted by atomic mass is 16.8. The van der Waals surface area contributed by atoms with Gasteiger partial charge in [0.2, 0.25) is 11.6 Å². The molecule has 17 heteroatoms. The van der Waals surface area contributed by atoms with Gasteiger partial charge in [0.25, 0.3) is 6.01 Å². The number of imidazole rings is 1. The molecule has 0 bridgehead atoms. The number of unbranched alkanes of at least 4 members (excludes halogenated alkanes) is 2. The number of nitrogens with zero attached hydrogens (tertiary/aromatic N) is 8. The van der Waals surface area contributed by atoms with Gasteiger partial charge in [-0.05, 0) is 79.3 Å². The number of aromatic nitrogens is 6. The van der Waals surface area contributed by atoms with Crippen LogP contribution in [0, 0.1) is 5.21 Å². The molecule has 0 radical (unpaired) electrons. The first-order valence-corrected chi connectivity index (χ1v) is 17.5. The topological polar surface area (TPSA) is 194 Å². The van der Waals surface area contributed by atoms with Gasteiger partial charge in [-0.2, -0.15) is 4.98 Å². The normalized spacial score (nSPS) is 12.0. The number of carbonyl (C=O) groups is 2. The fraction of sp³-hybridized carbons (Fsp3) is 0.389. The molecule has 0 amide bonds. The Balaban J connectivity index is 1.18. The summed E-state index contributed by atoms with van der Waals surface area (Å²) in [5, 5.41) is 31.0. The monoisotopic (exact) mass is 729 g/mol. The van der Waals surface area contributed by atoms with Crippen LogP contribution in [0.4, 0.5) is 4.79 Å². The number of carbonyl (C=O) groups excluding carboxylic acids is 2. The van der Waals surface area contributed by atoms with Crippen molar-refractivity contribution >= 4 is 23.2 Å². The molecule has 0 spiro atoms. The molecule has 3 aromatic carbocycles. The molecule has 2 aromatic heterocycles. The summed E-state index contributed by atoms with van der Waals surface area (Å²) in [6, 6.07) is 21.3. The first kappa shape index (κ1) is 38.0. The van der Waals surface area contributed by atoms with Crippen molar-refractivity contribution in [1.29, 1.82) is 0 Å². The van der Waals surface area contributed by atoms with Gasteiger partial charge < -0.3 is 29.0 Å². The largest absolute Gasteiger partial charge is 0.569 e. The van der Waals surface area contributed by atoms with Crippen LogP contribution < -0.4 is 4.74 Å². The summed E-state index contributed by atoms with van der Waals surface area (Å²) in [4.78, 5) is 35.8. The fourth-order valence-corrected chi connectivity index (χ4v) is 5.52. The summed E-state index contributed by atoms with van der Waals surface area (Å²) in [6.45, 7) is 9.08. The highest BCUT2D eigenvalue weighted by Crippen LogP contribution is 2.31. The van der Waals surface area contributed by atoms with Crippen molar-refractivity contribution in [3.05, 3.63) is 83.1 Å². The van der Waals surface area contributed by atoms with E-state index >= 15 is 0 Å². The van der Waals surface area contributed by atoms with E-state index in [0.717, 1.165) is 22.3 Å². The third-order valence-corrected chi connectivity index (χ3v) is 8.09. The van der Waals surface area contributed by atoms with Crippen LogP contribution in [0.15, 0.2) is 72.0 Å². The Bertz CT molecular complexity index is 1960. The Morgan fingerprint density at radius 2 is 1.70 bits per heavy atom. The van der Waals surface area contributed by atoms with E-state index in [1.807, 2.05) is 73.9 Å². The number of esters is 1. The van der Waals surface area contributed by atoms with Gasteiger partial charge in [0.15, 0.2) is 5.82 Å². The number of para-hydroxylation sites is 1. The van der Waals surface area contributed by atoms with Crippen molar-refractivity contribution in [3.8, 4) is 28.5 Å². The number of hydrazine groups is 1. The number of rotatable bonds is 19. The van der Waals surface area contributed by atoms with E-state index in [0.29, 0.717) is 73.3 Å². The van der Waals surface area contributed by atoms with E-state index in [2.05, 4.69) is 30.9 Å². The Labute approximate surface area is 306 Å². The van der Waals surface area contributed by atoms with Crippen LogP contribution in [-0.2, 0) is 25.6 Å². The minimum Gasteiger partial charge on any atom is -0.569 e. The summed E-state index contributed by atoms with van der Waals surface area (Å²) in [6.07, 6.45) is -0.389. The highest BCUT2D eigenvalue weighted by molar-refractivity contribution is 6.02. The number of hydrogen-bond donors (Lipinski definition) is 1. The number of tetrazole rings is 1. The minimum atomic E-state index is -1.23. The van der Waals surface area contributed by atoms with Crippen molar-refractivity contribution in [2.75, 3.05) is 32.9 Å². The van der Waals surface area contributed by atoms with Crippen LogP contribution in [-0.4, -0.2) is 91.5 Å². The molecule has 0 aliphatic rings. The van der Waals surface area contributed by atoms with Gasteiger partial charge in [0, 0.05) is 12.5 Å². The quantitative estimate of drug-likeness (QED) is 0.0248. The SMILES string of the molecule is CCOc1nc2cccc(C(=O)OC(C)OC(=O)OCCCCCO/N=[N+](\[O-])N(CC)CC)c2n1Cc1ccc(-c2ccccc2-c2nnn[nH]2)cc1. The maximum atomic E-state index is 13.5. The third-order valence-electron chi connectivity index (χ3n) is 8.09. The lowest BCUT2D eigenvalue weighted by molar-refractivity contribution is -0.710. The first-order chi connectivity index (χ1) is 25.8. The van der Waals surface area contributed by atoms with E-state index in [-0.39, 0.29) is 18.8 Å². The molecule has 5 rings (SSSR count). The fourth-order valence-electron chi connectivity index (χ4n) is 5.52. The Hall–Kier alpha value is -6.26. The van der Waals surface area contributed by atoms with Crippen molar-refractivity contribution in [2.45, 2.75) is 59.8 Å². The van der Waals surface area contributed by atoms with Crippen molar-refractivity contribution in [1.82, 2.24) is 35.2 Å². The van der Waals surface area contributed by atoms with Gasteiger partial charge in [-0.1, -0.05) is 54.6 Å². The Kier molecular flexibility index (Phi) is 13.5. The van der Waals surface area contributed by atoms with Crippen molar-refractivity contribution < 1.29 is 38.3 Å². The molecular formula is C36H43N9O8. The molecule has 1 unspecified atom stereocenters. The van der Waals surface area contributed by atoms with Crippen molar-refractivity contribution in [2.24, 2.45) is 5.28 Å². The van der Waals surface area contributed by atoms with Gasteiger partial charge >= 0.3 is 12.1 Å². The summed E-state index contributed by atoms with van der Waals surface area (Å²) < 4.78 is 23.5. The van der Waals surface area contributed by atoms with Crippen molar-refractivity contribution in [3.63, 3.8) is 0 Å². The molecule has 1 N–H and O–H groups in total. The molecule has 2 heterocycles. The number of hydrogen-bond acceptors (Lipinski definition) is 13. The van der Waals surface area contributed by atoms with Gasteiger partial charge in [-0.3, -0.25) is 4.57 Å². The van der Waals surface area contributed by atoms with E-state index in [4.69, 9.17) is 23.8 Å². The van der Waals surface area contributed by atoms with Gasteiger partial charge in [-0.15, -0.1) is 10.1 Å². The van der Waals surface area contributed by atoms with Crippen LogP contribution in [0.2, 0.25) is 0 Å². The summed E-state index contributed by atoms with van der Waals surface area (Å²) in [5.41, 5.74) is 5.01. The molecule has 17 nitrogen and oxygen atoms in total. The highest BCUT2D eigenvalue weighted by Gasteiger charge is 2.23. The van der Waals surface area contributed by atoms with Crippen LogP contribution in [0.3, 0.4) is 0 Å². The molecule has 0 fully saturated rings. The molecule has 0 aliphatic heterocycles. The zero-order valence-corrected chi connectivity index (χ0v) is 30.1. The second-order valence-corrected chi connectivity index (χ2v) is 11.6. The van der Waals surface area contributed by atoms with Crippen LogP contribution in [0.1, 0.15) is 62.9 Å². The van der Waals surface area contributed by atoms with E-state index in [1.165, 1.54) is 11.9 Å². The number of ether oxygens (including phenoxy) is 4. The van der Waals surface area contributed by atoms with Gasteiger partial charge in [0.1, 0.15) is 6.61 Å². The average Bonchev–Trinajstić information content (AvgIpc) is 3.82. The van der Waals surface area contributed by atoms with E-state index in [1.54, 1.807) is 18.2 Å². The average molecular weight is 730 g/mol. The molecule has 0 aliphatic carbocycles. The molecular weight excluding hydrogens is 686 g/mol. The maximum Gasteiger partial charge on any atom is 0.511 e. The lowest BCUT2D eigenvalue weighted by atomic mass is 9.98. The second-order valence-electron chi connectivity index (χ2n) is 11.6. The molecule has 0 saturated heterocycles. The standard InChI is InChI=1S/C36H43N9O8/c1-5-43(6-2)45(48)42-51-23-12-8-11-22-50-36(47)53-25(4)52-34(46)30-16-13-17-31-32(30)44(35(37-31)49-7-3)24-26-18-20-27(21-19-26)28-14-9-10-15-29(28)33-38-40-41-39-33/h9-10,13-21,25H,5-8,11-12,22-24H2,1-4H3,(H,38,39,40,41)/b45-42-. The Morgan fingerprint density at radius 1 is 0.943 bits per heavy atom. The lowest BCUT2D eigenvalue weighted by Crippen LogP contribution is -2.30. The van der Waals surface area contributed by atoms with Gasteiger partial charge in [0.05, 0.1) is 54.4 Å². The molecule has 0 saturated carbocycles. The summed E-state index contributed by atoms with van der Waals surface area (Å²) >= 11 is 0. The maximum absolute atomic E-state index is 13.5. The number of aromatic amines is 1. The van der Waals surface area contributed by atoms with E-state index < -0.39 is 18.4 Å². The molecule has 280 valence electrons. The molecule has 53 heavy (non-hydrogen) atoms. The minimum absolute atomic E-state index is 0.0922. The van der Waals surface area contributed by atoms with Crippen LogP contribution >= 0.6 is 0 Å². The number of fused-ring (bicyclic) bond motifs is 1. The molecule has 5 aromatic rings. The lowest BCUT2D eigenvalue weighted by Gasteiger charge is -2.15. The Morgan fingerprint density at radius 3 is 2.42 bits per heavy atom. The number of nitrogens with one attached hydrogen (secondary N) is 1. The zero-order valence-electron chi connectivity index (χ0n) is 30.1. The van der Waals surface area contributed by atoms with Crippen LogP contribution in [0.5, 0.6) is 6.01 Å². The summed E-state index contributed by atoms with van der Waals surface area (Å²) in [5.74, 6) is -0.143. The van der Waals surface area contributed by atoms with Gasteiger partial charge in [-0.25, -0.2) is 14.7 Å². The molecule has 1 atom stereocenters. The predicted octanol–water partition coefficient (Wildman–Crippen LogP) is 6.31. The first-order valence-electron chi connectivity index (χ1n) is 17.5. The third kappa shape index (κ3) is 9.96. The van der Waals surface area contributed by atoms with E-state index in [9.17, 15) is 14.8 Å². The smallest absolute Gasteiger partial charge is 0.511 e. The van der Waals surface area contributed by atoms with Crippen LogP contribution in [0.25, 0.3) is 33.5 Å². The zero-order chi connectivity index (χ0) is 37.6.